The second-order valence-corrected chi connectivity index (χ2v) is 15.3. The number of phenolic OH excluding ortho intramolecular Hbond substituents is 4. The van der Waals surface area contributed by atoms with Gasteiger partial charge in [0, 0.05) is 17.7 Å². The van der Waals surface area contributed by atoms with E-state index in [4.69, 9.17) is 18.6 Å². The van der Waals surface area contributed by atoms with E-state index >= 15 is 0 Å². The maximum Gasteiger partial charge on any atom is 0.239 e. The first kappa shape index (κ1) is 38.6. The number of rotatable bonds is 7. The van der Waals surface area contributed by atoms with Crippen LogP contribution < -0.4 is 10.2 Å². The first-order chi connectivity index (χ1) is 23.1. The monoisotopic (exact) mass is 720 g/mol. The Morgan fingerprint density at radius 2 is 1.37 bits per heavy atom. The summed E-state index contributed by atoms with van der Waals surface area (Å²) in [6.07, 6.45) is -2.40. The Bertz CT molecular complexity index is 1910. The Kier molecular flexibility index (Phi) is 8.82. The van der Waals surface area contributed by atoms with E-state index in [1.165, 1.54) is 40.7 Å². The fraction of sp³-hybridized carbons (Fsp3) is 0.583. The van der Waals surface area contributed by atoms with E-state index in [9.17, 15) is 55.9 Å². The molecule has 9 unspecified atom stereocenters. The molecule has 15 nitrogen and oxygen atoms in total. The highest BCUT2D eigenvalue weighted by molar-refractivity contribution is 5.88. The zero-order valence-electron chi connectivity index (χ0n) is 29.8. The maximum atomic E-state index is 14.1. The van der Waals surface area contributed by atoms with Crippen LogP contribution >= 0.6 is 0 Å². The van der Waals surface area contributed by atoms with Crippen molar-refractivity contribution < 1.29 is 69.7 Å². The van der Waals surface area contributed by atoms with Crippen molar-refractivity contribution >= 4 is 11.0 Å². The number of ether oxygens (including phenoxy) is 3. The average Bonchev–Trinajstić information content (AvgIpc) is 3.02. The van der Waals surface area contributed by atoms with Crippen molar-refractivity contribution in [2.45, 2.75) is 126 Å². The van der Waals surface area contributed by atoms with Gasteiger partial charge in [-0.25, -0.2) is 0 Å². The molecule has 3 aromatic rings. The Morgan fingerprint density at radius 3 is 1.96 bits per heavy atom. The molecule has 282 valence electrons. The molecule has 2 saturated heterocycles. The van der Waals surface area contributed by atoms with Crippen LogP contribution in [0.5, 0.6) is 28.7 Å². The van der Waals surface area contributed by atoms with Crippen LogP contribution in [0.4, 0.5) is 0 Å². The zero-order valence-corrected chi connectivity index (χ0v) is 29.8. The molecule has 3 heterocycles. The van der Waals surface area contributed by atoms with E-state index in [-0.39, 0.29) is 37.0 Å². The van der Waals surface area contributed by atoms with Crippen LogP contribution in [0.25, 0.3) is 22.3 Å². The summed E-state index contributed by atoms with van der Waals surface area (Å²) in [5.41, 5.74) is -18.0. The first-order valence-electron chi connectivity index (χ1n) is 16.5. The molecule has 0 radical (unpaired) electrons. The van der Waals surface area contributed by atoms with Gasteiger partial charge in [0.25, 0.3) is 0 Å². The van der Waals surface area contributed by atoms with E-state index in [0.29, 0.717) is 0 Å². The normalized spacial score (nSPS) is 40.0. The third-order valence-electron chi connectivity index (χ3n) is 12.2. The molecule has 10 N–H and O–H groups in total. The van der Waals surface area contributed by atoms with E-state index in [1.807, 2.05) is 0 Å². The molecule has 0 spiro atoms. The SMILES string of the molecule is CCC1(O)C(C)(O)COC(C)(CCC2(C)OC(Oc3c(-c4ccc(O)c(O)c4)oc4cc(O)cc(O)c4c3=O)C(C)(O)C(C)(O)C2(C)O)C1(C)O. The molecule has 51 heavy (non-hydrogen) atoms. The lowest BCUT2D eigenvalue weighted by Crippen LogP contribution is -2.82. The van der Waals surface area contributed by atoms with Crippen LogP contribution in [0, 0.1) is 0 Å². The van der Waals surface area contributed by atoms with Crippen molar-refractivity contribution in [3.8, 4) is 40.1 Å². The van der Waals surface area contributed by atoms with Crippen LogP contribution in [0.2, 0.25) is 0 Å². The molecule has 0 saturated carbocycles. The van der Waals surface area contributed by atoms with Gasteiger partial charge in [0.1, 0.15) is 56.1 Å². The van der Waals surface area contributed by atoms with Gasteiger partial charge in [-0.15, -0.1) is 0 Å². The van der Waals surface area contributed by atoms with Gasteiger partial charge in [-0.2, -0.15) is 0 Å². The van der Waals surface area contributed by atoms with Crippen LogP contribution in [-0.4, -0.2) is 109 Å². The molecular formula is C36H48O15. The second kappa shape index (κ2) is 11.7. The Hall–Kier alpha value is -3.67. The molecule has 0 aliphatic carbocycles. The van der Waals surface area contributed by atoms with Crippen LogP contribution in [0.3, 0.4) is 0 Å². The summed E-state index contributed by atoms with van der Waals surface area (Å²) in [6.45, 7) is 10.3. The number of phenols is 4. The predicted molar refractivity (Wildman–Crippen MR) is 180 cm³/mol. The smallest absolute Gasteiger partial charge is 0.239 e. The van der Waals surface area contributed by atoms with Crippen molar-refractivity contribution in [3.63, 3.8) is 0 Å². The van der Waals surface area contributed by atoms with E-state index in [2.05, 4.69) is 0 Å². The standard InChI is InChI=1S/C36H48O15/c1-9-36(47)29(2,42)17-48-30(3,34(36,7)45)12-13-31(4)33(6,44)35(8,46)32(5,43)28(51-31)50-27-25(41)24-22(40)15-19(37)16-23(24)49-26(27)18-10-11-20(38)21(39)14-18/h10-11,14-16,28,37-40,42-47H,9,12-13,17H2,1-8H3. The van der Waals surface area contributed by atoms with E-state index in [0.717, 1.165) is 38.1 Å². The quantitative estimate of drug-likeness (QED) is 0.157. The summed E-state index contributed by atoms with van der Waals surface area (Å²) in [4.78, 5) is 14.1. The van der Waals surface area contributed by atoms with Crippen molar-refractivity contribution in [2.75, 3.05) is 6.61 Å². The van der Waals surface area contributed by atoms with Crippen LogP contribution in [0.1, 0.15) is 74.7 Å². The minimum atomic E-state index is -2.50. The highest BCUT2D eigenvalue weighted by Crippen LogP contribution is 2.55. The summed E-state index contributed by atoms with van der Waals surface area (Å²) in [7, 11) is 0. The first-order valence-corrected chi connectivity index (χ1v) is 16.5. The van der Waals surface area contributed by atoms with Gasteiger partial charge >= 0.3 is 0 Å². The van der Waals surface area contributed by atoms with Gasteiger partial charge in [0.05, 0.1) is 12.2 Å². The highest BCUT2D eigenvalue weighted by Gasteiger charge is 2.73. The number of benzene rings is 2. The Labute approximate surface area is 293 Å². The lowest BCUT2D eigenvalue weighted by Gasteiger charge is -2.63. The molecule has 0 bridgehead atoms. The van der Waals surface area contributed by atoms with Crippen molar-refractivity contribution in [2.24, 2.45) is 0 Å². The fourth-order valence-electron chi connectivity index (χ4n) is 7.52. The lowest BCUT2D eigenvalue weighted by atomic mass is 9.58. The molecule has 1 aromatic heterocycles. The summed E-state index contributed by atoms with van der Waals surface area (Å²) in [5, 5.41) is 111. The third-order valence-corrected chi connectivity index (χ3v) is 12.2. The Balaban J connectivity index is 1.63. The van der Waals surface area contributed by atoms with E-state index < -0.39 is 96.4 Å². The molecule has 2 aromatic carbocycles. The number of hydrogen-bond donors (Lipinski definition) is 10. The minimum absolute atomic E-state index is 0.0250. The third kappa shape index (κ3) is 5.28. The number of aliphatic hydroxyl groups is 6. The summed E-state index contributed by atoms with van der Waals surface area (Å²) in [6, 6.07) is 5.37. The molecule has 2 fully saturated rings. The lowest BCUT2D eigenvalue weighted by molar-refractivity contribution is -0.404. The topological polar surface area (TPSA) is 260 Å². The number of aromatic hydroxyl groups is 4. The maximum absolute atomic E-state index is 14.1. The summed E-state index contributed by atoms with van der Waals surface area (Å²) in [5.74, 6) is -3.30. The summed E-state index contributed by atoms with van der Waals surface area (Å²) >= 11 is 0. The predicted octanol–water partition coefficient (Wildman–Crippen LogP) is 2.24. The molecule has 9 atom stereocenters. The fourth-order valence-corrected chi connectivity index (χ4v) is 7.52. The van der Waals surface area contributed by atoms with Crippen molar-refractivity contribution in [1.82, 2.24) is 0 Å². The van der Waals surface area contributed by atoms with Gasteiger partial charge in [-0.1, -0.05) is 6.92 Å². The van der Waals surface area contributed by atoms with Gasteiger partial charge in [0.2, 0.25) is 17.5 Å². The summed E-state index contributed by atoms with van der Waals surface area (Å²) < 4.78 is 24.3. The molecule has 5 rings (SSSR count). The molecule has 2 aliphatic heterocycles. The minimum Gasteiger partial charge on any atom is -0.508 e. The number of fused-ring (bicyclic) bond motifs is 1. The van der Waals surface area contributed by atoms with Gasteiger partial charge in [-0.05, 0) is 85.9 Å². The Morgan fingerprint density at radius 1 is 0.765 bits per heavy atom. The van der Waals surface area contributed by atoms with Gasteiger partial charge in [-0.3, -0.25) is 4.79 Å². The van der Waals surface area contributed by atoms with E-state index in [1.54, 1.807) is 6.92 Å². The van der Waals surface area contributed by atoms with Gasteiger partial charge in [0.15, 0.2) is 22.9 Å². The molecule has 15 heteroatoms. The molecule has 0 amide bonds. The number of hydrogen-bond acceptors (Lipinski definition) is 15. The molecule has 2 aliphatic rings. The highest BCUT2D eigenvalue weighted by atomic mass is 16.7. The van der Waals surface area contributed by atoms with Crippen LogP contribution in [0.15, 0.2) is 39.5 Å². The van der Waals surface area contributed by atoms with Gasteiger partial charge < -0.3 is 69.7 Å². The average molecular weight is 721 g/mol. The second-order valence-electron chi connectivity index (χ2n) is 15.3. The largest absolute Gasteiger partial charge is 0.508 e. The van der Waals surface area contributed by atoms with Crippen LogP contribution in [-0.2, 0) is 9.47 Å². The molecular weight excluding hydrogens is 672 g/mol. The van der Waals surface area contributed by atoms with Crippen molar-refractivity contribution in [1.29, 1.82) is 0 Å². The zero-order chi connectivity index (χ0) is 38.5. The van der Waals surface area contributed by atoms with Crippen molar-refractivity contribution in [3.05, 3.63) is 40.6 Å².